The first-order valence-electron chi connectivity index (χ1n) is 5.76. The minimum atomic E-state index is 0.541. The molecule has 2 heterocycles. The van der Waals surface area contributed by atoms with Crippen LogP contribution >= 0.6 is 15.9 Å². The van der Waals surface area contributed by atoms with Crippen molar-refractivity contribution < 1.29 is 4.74 Å². The summed E-state index contributed by atoms with van der Waals surface area (Å²) in [5.41, 5.74) is 1.16. The molecule has 0 aliphatic carbocycles. The molecule has 0 saturated carbocycles. The minimum absolute atomic E-state index is 0.541. The van der Waals surface area contributed by atoms with Crippen LogP contribution in [0.2, 0.25) is 0 Å². The third-order valence-electron chi connectivity index (χ3n) is 2.79. The van der Waals surface area contributed by atoms with Crippen LogP contribution in [0.5, 0.6) is 0 Å². The number of rotatable bonds is 4. The Kier molecular flexibility index (Phi) is 4.75. The van der Waals surface area contributed by atoms with E-state index in [1.165, 1.54) is 19.3 Å². The Balaban J connectivity index is 1.71. The number of hydrogen-bond donors (Lipinski definition) is 1. The van der Waals surface area contributed by atoms with E-state index in [9.17, 15) is 0 Å². The molecule has 4 heteroatoms. The Morgan fingerprint density at radius 3 is 3.19 bits per heavy atom. The van der Waals surface area contributed by atoms with Gasteiger partial charge in [0.05, 0.1) is 13.2 Å². The third-order valence-corrected chi connectivity index (χ3v) is 3.22. The molecule has 1 atom stereocenters. The molecule has 2 rings (SSSR count). The number of nitrogens with one attached hydrogen (secondary N) is 1. The van der Waals surface area contributed by atoms with Gasteiger partial charge in [0.15, 0.2) is 0 Å². The van der Waals surface area contributed by atoms with Gasteiger partial charge in [0.1, 0.15) is 4.60 Å². The number of ether oxygens (including phenoxy) is 1. The number of piperidine rings is 1. The molecule has 0 radical (unpaired) electrons. The highest BCUT2D eigenvalue weighted by molar-refractivity contribution is 9.10. The van der Waals surface area contributed by atoms with Crippen LogP contribution in [0.3, 0.4) is 0 Å². The number of pyridine rings is 1. The summed E-state index contributed by atoms with van der Waals surface area (Å²) in [6.45, 7) is 2.61. The second kappa shape index (κ2) is 6.33. The molecule has 1 fully saturated rings. The van der Waals surface area contributed by atoms with Crippen LogP contribution in [-0.4, -0.2) is 24.2 Å². The molecule has 1 aliphatic rings. The Labute approximate surface area is 105 Å². The minimum Gasteiger partial charge on any atom is -0.375 e. The van der Waals surface area contributed by atoms with Gasteiger partial charge < -0.3 is 10.1 Å². The lowest BCUT2D eigenvalue weighted by Crippen LogP contribution is -2.37. The lowest BCUT2D eigenvalue weighted by molar-refractivity contribution is 0.0911. The van der Waals surface area contributed by atoms with E-state index in [-0.39, 0.29) is 0 Å². The molecule has 1 aromatic rings. The monoisotopic (exact) mass is 284 g/mol. The van der Waals surface area contributed by atoms with Crippen LogP contribution in [0.4, 0.5) is 0 Å². The summed E-state index contributed by atoms with van der Waals surface area (Å²) in [5.74, 6) is 0. The van der Waals surface area contributed by atoms with E-state index in [0.717, 1.165) is 23.3 Å². The number of nitrogens with zero attached hydrogens (tertiary/aromatic N) is 1. The van der Waals surface area contributed by atoms with Gasteiger partial charge in [0, 0.05) is 12.2 Å². The highest BCUT2D eigenvalue weighted by Crippen LogP contribution is 2.11. The smallest absolute Gasteiger partial charge is 0.106 e. The molecule has 0 bridgehead atoms. The van der Waals surface area contributed by atoms with Crippen molar-refractivity contribution in [3.05, 3.63) is 28.5 Å². The summed E-state index contributed by atoms with van der Waals surface area (Å²) in [5, 5.41) is 3.47. The Hall–Kier alpha value is -0.450. The SMILES string of the molecule is Brc1cc(COCC2CCCCN2)ccn1. The molecule has 0 spiro atoms. The van der Waals surface area contributed by atoms with Crippen LogP contribution in [0.15, 0.2) is 22.9 Å². The van der Waals surface area contributed by atoms with E-state index < -0.39 is 0 Å². The molecule has 88 valence electrons. The van der Waals surface area contributed by atoms with Gasteiger partial charge in [0.2, 0.25) is 0 Å². The van der Waals surface area contributed by atoms with Crippen molar-refractivity contribution in [2.75, 3.05) is 13.2 Å². The van der Waals surface area contributed by atoms with Gasteiger partial charge in [-0.1, -0.05) is 6.42 Å². The van der Waals surface area contributed by atoms with E-state index in [4.69, 9.17) is 4.74 Å². The number of aromatic nitrogens is 1. The van der Waals surface area contributed by atoms with Crippen LogP contribution in [0, 0.1) is 0 Å². The van der Waals surface area contributed by atoms with E-state index >= 15 is 0 Å². The molecule has 1 saturated heterocycles. The average molecular weight is 285 g/mol. The zero-order valence-corrected chi connectivity index (χ0v) is 10.9. The van der Waals surface area contributed by atoms with Gasteiger partial charge >= 0.3 is 0 Å². The van der Waals surface area contributed by atoms with Crippen molar-refractivity contribution >= 4 is 15.9 Å². The van der Waals surface area contributed by atoms with Crippen LogP contribution in [0.1, 0.15) is 24.8 Å². The number of halogens is 1. The summed E-state index contributed by atoms with van der Waals surface area (Å²) in [6, 6.07) is 4.52. The van der Waals surface area contributed by atoms with Gasteiger partial charge in [-0.15, -0.1) is 0 Å². The largest absolute Gasteiger partial charge is 0.375 e. The zero-order valence-electron chi connectivity index (χ0n) is 9.29. The summed E-state index contributed by atoms with van der Waals surface area (Å²) >= 11 is 3.35. The molecule has 16 heavy (non-hydrogen) atoms. The van der Waals surface area contributed by atoms with Gasteiger partial charge in [-0.2, -0.15) is 0 Å². The fourth-order valence-corrected chi connectivity index (χ4v) is 2.33. The van der Waals surface area contributed by atoms with Crippen molar-refractivity contribution in [1.29, 1.82) is 0 Å². The zero-order chi connectivity index (χ0) is 11.2. The van der Waals surface area contributed by atoms with Crippen LogP contribution < -0.4 is 5.32 Å². The summed E-state index contributed by atoms with van der Waals surface area (Å²) in [4.78, 5) is 4.09. The van der Waals surface area contributed by atoms with Crippen LogP contribution in [-0.2, 0) is 11.3 Å². The predicted octanol–water partition coefficient (Wildman–Crippen LogP) is 2.50. The Bertz CT molecular complexity index is 327. The van der Waals surface area contributed by atoms with Crippen molar-refractivity contribution in [1.82, 2.24) is 10.3 Å². The first kappa shape index (κ1) is 12.0. The Morgan fingerprint density at radius 2 is 2.44 bits per heavy atom. The van der Waals surface area contributed by atoms with E-state index in [1.807, 2.05) is 12.1 Å². The van der Waals surface area contributed by atoms with Gasteiger partial charge in [-0.25, -0.2) is 4.98 Å². The maximum Gasteiger partial charge on any atom is 0.106 e. The fraction of sp³-hybridized carbons (Fsp3) is 0.583. The first-order valence-corrected chi connectivity index (χ1v) is 6.55. The highest BCUT2D eigenvalue weighted by Gasteiger charge is 2.11. The normalized spacial score (nSPS) is 20.9. The second-order valence-corrected chi connectivity index (χ2v) is 4.96. The van der Waals surface area contributed by atoms with Crippen molar-refractivity contribution in [2.24, 2.45) is 0 Å². The van der Waals surface area contributed by atoms with E-state index in [0.29, 0.717) is 12.6 Å². The van der Waals surface area contributed by atoms with Gasteiger partial charge in [0.25, 0.3) is 0 Å². The maximum atomic E-state index is 5.70. The quantitative estimate of drug-likeness (QED) is 0.863. The summed E-state index contributed by atoms with van der Waals surface area (Å²) in [7, 11) is 0. The number of hydrogen-bond acceptors (Lipinski definition) is 3. The molecule has 3 nitrogen and oxygen atoms in total. The fourth-order valence-electron chi connectivity index (χ4n) is 1.92. The molecule has 1 aliphatic heterocycles. The molecular formula is C12H17BrN2O. The molecule has 1 aromatic heterocycles. The molecule has 0 aromatic carbocycles. The molecule has 1 N–H and O–H groups in total. The lowest BCUT2D eigenvalue weighted by Gasteiger charge is -2.23. The van der Waals surface area contributed by atoms with Crippen molar-refractivity contribution in [2.45, 2.75) is 31.9 Å². The first-order chi connectivity index (χ1) is 7.84. The van der Waals surface area contributed by atoms with E-state index in [1.54, 1.807) is 6.20 Å². The molecular weight excluding hydrogens is 268 g/mol. The molecule has 0 amide bonds. The standard InChI is InChI=1S/C12H17BrN2O/c13-12-7-10(4-6-15-12)8-16-9-11-3-1-2-5-14-11/h4,6-7,11,14H,1-3,5,8-9H2. The van der Waals surface area contributed by atoms with E-state index in [2.05, 4.69) is 26.2 Å². The van der Waals surface area contributed by atoms with Crippen LogP contribution in [0.25, 0.3) is 0 Å². The second-order valence-electron chi connectivity index (χ2n) is 4.15. The maximum absolute atomic E-state index is 5.70. The van der Waals surface area contributed by atoms with Crippen molar-refractivity contribution in [3.63, 3.8) is 0 Å². The molecule has 1 unspecified atom stereocenters. The lowest BCUT2D eigenvalue weighted by atomic mass is 10.1. The topological polar surface area (TPSA) is 34.1 Å². The highest BCUT2D eigenvalue weighted by atomic mass is 79.9. The van der Waals surface area contributed by atoms with Gasteiger partial charge in [-0.3, -0.25) is 0 Å². The summed E-state index contributed by atoms with van der Waals surface area (Å²) < 4.78 is 6.57. The third kappa shape index (κ3) is 3.85. The average Bonchev–Trinajstić information content (AvgIpc) is 2.30. The summed E-state index contributed by atoms with van der Waals surface area (Å²) in [6.07, 6.45) is 5.65. The van der Waals surface area contributed by atoms with Crippen molar-refractivity contribution in [3.8, 4) is 0 Å². The predicted molar refractivity (Wildman–Crippen MR) is 67.2 cm³/mol. The Morgan fingerprint density at radius 1 is 1.50 bits per heavy atom. The van der Waals surface area contributed by atoms with Gasteiger partial charge in [-0.05, 0) is 53.0 Å².